The summed E-state index contributed by atoms with van der Waals surface area (Å²) < 4.78 is 6.96. The number of anilines is 1. The fourth-order valence-corrected chi connectivity index (χ4v) is 2.14. The molecule has 1 amide bonds. The first-order valence-electron chi connectivity index (χ1n) is 6.95. The largest absolute Gasteiger partial charge is 0.497 e. The SMILES string of the molecule is COc1ccc(NC(=O)[C@@H](C)Cn2nc(C)cc2C)cc1. The fraction of sp³-hybridized carbons (Fsp3) is 0.375. The summed E-state index contributed by atoms with van der Waals surface area (Å²) in [6.45, 7) is 6.41. The van der Waals surface area contributed by atoms with E-state index >= 15 is 0 Å². The van der Waals surface area contributed by atoms with Crippen LogP contribution >= 0.6 is 0 Å². The molecule has 5 heteroatoms. The number of nitrogens with one attached hydrogen (secondary N) is 1. The molecular weight excluding hydrogens is 266 g/mol. The average molecular weight is 287 g/mol. The van der Waals surface area contributed by atoms with Gasteiger partial charge in [-0.1, -0.05) is 6.92 Å². The number of hydrogen-bond acceptors (Lipinski definition) is 3. The Balaban J connectivity index is 1.97. The molecule has 0 radical (unpaired) electrons. The van der Waals surface area contributed by atoms with Gasteiger partial charge in [-0.25, -0.2) is 0 Å². The third kappa shape index (κ3) is 3.84. The van der Waals surface area contributed by atoms with Crippen molar-refractivity contribution in [3.8, 4) is 5.75 Å². The molecule has 112 valence electrons. The Morgan fingerprint density at radius 2 is 2.00 bits per heavy atom. The van der Waals surface area contributed by atoms with Crippen molar-refractivity contribution in [2.45, 2.75) is 27.3 Å². The monoisotopic (exact) mass is 287 g/mol. The predicted octanol–water partition coefficient (Wildman–Crippen LogP) is 2.78. The Labute approximate surface area is 124 Å². The standard InChI is InChI=1S/C16H21N3O2/c1-11(10-19-13(3)9-12(2)18-19)16(20)17-14-5-7-15(21-4)8-6-14/h5-9,11H,10H2,1-4H3,(H,17,20)/t11-/m0/s1. The number of rotatable bonds is 5. The van der Waals surface area contributed by atoms with Crippen LogP contribution in [0.3, 0.4) is 0 Å². The molecule has 0 unspecified atom stereocenters. The van der Waals surface area contributed by atoms with Crippen LogP contribution in [0, 0.1) is 19.8 Å². The second-order valence-electron chi connectivity index (χ2n) is 5.23. The van der Waals surface area contributed by atoms with Gasteiger partial charge in [0, 0.05) is 11.4 Å². The number of aromatic nitrogens is 2. The van der Waals surface area contributed by atoms with Crippen molar-refractivity contribution < 1.29 is 9.53 Å². The zero-order chi connectivity index (χ0) is 15.4. The second-order valence-corrected chi connectivity index (χ2v) is 5.23. The quantitative estimate of drug-likeness (QED) is 0.920. The number of carbonyl (C=O) groups excluding carboxylic acids is 1. The van der Waals surface area contributed by atoms with Crippen LogP contribution in [0.25, 0.3) is 0 Å². The lowest BCUT2D eigenvalue weighted by Gasteiger charge is -2.13. The van der Waals surface area contributed by atoms with Crippen LogP contribution in [0.2, 0.25) is 0 Å². The van der Waals surface area contributed by atoms with E-state index in [2.05, 4.69) is 10.4 Å². The molecule has 0 spiro atoms. The van der Waals surface area contributed by atoms with Crippen LogP contribution in [0.15, 0.2) is 30.3 Å². The summed E-state index contributed by atoms with van der Waals surface area (Å²) in [6, 6.07) is 9.30. The van der Waals surface area contributed by atoms with E-state index in [0.717, 1.165) is 22.8 Å². The summed E-state index contributed by atoms with van der Waals surface area (Å²) in [5, 5.41) is 7.29. The van der Waals surface area contributed by atoms with Crippen LogP contribution in [-0.2, 0) is 11.3 Å². The van der Waals surface area contributed by atoms with E-state index in [1.807, 2.05) is 55.8 Å². The van der Waals surface area contributed by atoms with Crippen molar-refractivity contribution in [1.29, 1.82) is 0 Å². The molecule has 1 heterocycles. The first-order chi connectivity index (χ1) is 9.99. The molecule has 21 heavy (non-hydrogen) atoms. The average Bonchev–Trinajstić information content (AvgIpc) is 2.77. The minimum Gasteiger partial charge on any atom is -0.497 e. The molecule has 2 rings (SSSR count). The number of aryl methyl sites for hydroxylation is 2. The maximum absolute atomic E-state index is 12.2. The number of methoxy groups -OCH3 is 1. The molecule has 0 aliphatic heterocycles. The van der Waals surface area contributed by atoms with E-state index in [-0.39, 0.29) is 11.8 Å². The molecule has 1 aromatic carbocycles. The molecule has 1 aromatic heterocycles. The first kappa shape index (κ1) is 15.1. The topological polar surface area (TPSA) is 56.1 Å². The van der Waals surface area contributed by atoms with Gasteiger partial charge < -0.3 is 10.1 Å². The summed E-state index contributed by atoms with van der Waals surface area (Å²) in [5.41, 5.74) is 2.80. The second kappa shape index (κ2) is 6.43. The van der Waals surface area contributed by atoms with Crippen molar-refractivity contribution in [2.24, 2.45) is 5.92 Å². The van der Waals surface area contributed by atoms with Crippen LogP contribution in [0.5, 0.6) is 5.75 Å². The van der Waals surface area contributed by atoms with E-state index in [9.17, 15) is 4.79 Å². The molecule has 0 fully saturated rings. The van der Waals surface area contributed by atoms with Crippen LogP contribution in [-0.4, -0.2) is 22.8 Å². The molecule has 0 saturated carbocycles. The number of carbonyl (C=O) groups is 1. The van der Waals surface area contributed by atoms with Crippen molar-refractivity contribution in [2.75, 3.05) is 12.4 Å². The van der Waals surface area contributed by atoms with Crippen LogP contribution < -0.4 is 10.1 Å². The Kier molecular flexibility index (Phi) is 4.62. The van der Waals surface area contributed by atoms with Crippen molar-refractivity contribution >= 4 is 11.6 Å². The Hall–Kier alpha value is -2.30. The number of nitrogens with zero attached hydrogens (tertiary/aromatic N) is 2. The highest BCUT2D eigenvalue weighted by Crippen LogP contribution is 2.16. The van der Waals surface area contributed by atoms with E-state index < -0.39 is 0 Å². The zero-order valence-electron chi connectivity index (χ0n) is 12.9. The third-order valence-electron chi connectivity index (χ3n) is 3.36. The van der Waals surface area contributed by atoms with Crippen LogP contribution in [0.1, 0.15) is 18.3 Å². The highest BCUT2D eigenvalue weighted by atomic mass is 16.5. The molecule has 0 saturated heterocycles. The number of hydrogen-bond donors (Lipinski definition) is 1. The van der Waals surface area contributed by atoms with Crippen molar-refractivity contribution in [1.82, 2.24) is 9.78 Å². The van der Waals surface area contributed by atoms with Crippen molar-refractivity contribution in [3.63, 3.8) is 0 Å². The summed E-state index contributed by atoms with van der Waals surface area (Å²) in [4.78, 5) is 12.2. The Morgan fingerprint density at radius 3 is 2.52 bits per heavy atom. The van der Waals surface area contributed by atoms with Crippen LogP contribution in [0.4, 0.5) is 5.69 Å². The van der Waals surface area contributed by atoms with Gasteiger partial charge in [-0.2, -0.15) is 5.10 Å². The number of ether oxygens (including phenoxy) is 1. The minimum absolute atomic E-state index is 0.0206. The summed E-state index contributed by atoms with van der Waals surface area (Å²) in [7, 11) is 1.62. The highest BCUT2D eigenvalue weighted by Gasteiger charge is 2.15. The van der Waals surface area contributed by atoms with E-state index in [1.165, 1.54) is 0 Å². The Bertz CT molecular complexity index is 617. The summed E-state index contributed by atoms with van der Waals surface area (Å²) >= 11 is 0. The molecule has 1 N–H and O–H groups in total. The predicted molar refractivity (Wildman–Crippen MR) is 82.5 cm³/mol. The molecule has 0 aliphatic rings. The molecule has 0 bridgehead atoms. The van der Waals surface area contributed by atoms with Gasteiger partial charge in [-0.3, -0.25) is 9.48 Å². The lowest BCUT2D eigenvalue weighted by molar-refractivity contribution is -0.119. The molecule has 2 aromatic rings. The number of benzene rings is 1. The smallest absolute Gasteiger partial charge is 0.229 e. The maximum Gasteiger partial charge on any atom is 0.229 e. The summed E-state index contributed by atoms with van der Waals surface area (Å²) in [5.74, 6) is 0.585. The first-order valence-corrected chi connectivity index (χ1v) is 6.95. The molecule has 1 atom stereocenters. The Morgan fingerprint density at radius 1 is 1.33 bits per heavy atom. The summed E-state index contributed by atoms with van der Waals surface area (Å²) in [6.07, 6.45) is 0. The highest BCUT2D eigenvalue weighted by molar-refractivity contribution is 5.92. The van der Waals surface area contributed by atoms with Gasteiger partial charge in [0.25, 0.3) is 0 Å². The van der Waals surface area contributed by atoms with Crippen molar-refractivity contribution in [3.05, 3.63) is 41.7 Å². The molecule has 0 aliphatic carbocycles. The van der Waals surface area contributed by atoms with Gasteiger partial charge in [0.1, 0.15) is 5.75 Å². The van der Waals surface area contributed by atoms with Gasteiger partial charge in [0.15, 0.2) is 0 Å². The van der Waals surface area contributed by atoms with E-state index in [4.69, 9.17) is 4.74 Å². The molecular formula is C16H21N3O2. The van der Waals surface area contributed by atoms with Gasteiger partial charge in [-0.15, -0.1) is 0 Å². The zero-order valence-corrected chi connectivity index (χ0v) is 12.9. The maximum atomic E-state index is 12.2. The lowest BCUT2D eigenvalue weighted by atomic mass is 10.1. The minimum atomic E-state index is -0.162. The van der Waals surface area contributed by atoms with Gasteiger partial charge >= 0.3 is 0 Å². The normalized spacial score (nSPS) is 12.0. The van der Waals surface area contributed by atoms with Gasteiger partial charge in [0.2, 0.25) is 5.91 Å². The molecule has 5 nitrogen and oxygen atoms in total. The number of amides is 1. The van der Waals surface area contributed by atoms with E-state index in [0.29, 0.717) is 6.54 Å². The van der Waals surface area contributed by atoms with Gasteiger partial charge in [0.05, 0.1) is 25.3 Å². The van der Waals surface area contributed by atoms with Gasteiger partial charge in [-0.05, 0) is 44.2 Å². The third-order valence-corrected chi connectivity index (χ3v) is 3.36. The lowest BCUT2D eigenvalue weighted by Crippen LogP contribution is -2.25. The fourth-order valence-electron chi connectivity index (χ4n) is 2.14. The van der Waals surface area contributed by atoms with E-state index in [1.54, 1.807) is 7.11 Å².